The van der Waals surface area contributed by atoms with Crippen LogP contribution in [-0.4, -0.2) is 64.6 Å². The number of esters is 1. The van der Waals surface area contributed by atoms with Crippen LogP contribution < -0.4 is 14.2 Å². The van der Waals surface area contributed by atoms with E-state index in [0.717, 1.165) is 60.2 Å². The van der Waals surface area contributed by atoms with E-state index in [4.69, 9.17) is 9.15 Å². The Morgan fingerprint density at radius 2 is 1.70 bits per heavy atom. The minimum absolute atomic E-state index is 0.123. The quantitative estimate of drug-likeness (QED) is 0.0580. The molecular weight excluding hydrogens is 921 g/mol. The number of fused-ring (bicyclic) bond motifs is 2. The summed E-state index contributed by atoms with van der Waals surface area (Å²) in [6.45, 7) is 6.94. The summed E-state index contributed by atoms with van der Waals surface area (Å²) in [5, 5.41) is 11.2. The third-order valence-electron chi connectivity index (χ3n) is 9.67. The first kappa shape index (κ1) is 47.9. The molecule has 0 radical (unpaired) electrons. The van der Waals surface area contributed by atoms with Gasteiger partial charge in [-0.3, -0.25) is 9.27 Å². The van der Waals surface area contributed by atoms with Crippen molar-refractivity contribution >= 4 is 98.6 Å². The van der Waals surface area contributed by atoms with Gasteiger partial charge >= 0.3 is 5.97 Å². The number of furan rings is 1. The lowest BCUT2D eigenvalue weighted by Crippen LogP contribution is -2.36. The lowest BCUT2D eigenvalue weighted by Gasteiger charge is -2.21. The summed E-state index contributed by atoms with van der Waals surface area (Å²) in [6.07, 6.45) is 9.49. The fraction of sp³-hybridized carbons (Fsp3) is 0.250. The molecule has 15 nitrogen and oxygen atoms in total. The molecule has 0 bridgehead atoms. The molecule has 3 aromatic carbocycles. The number of thioether (sulfide) groups is 1. The van der Waals surface area contributed by atoms with E-state index in [9.17, 15) is 44.4 Å². The highest BCUT2D eigenvalue weighted by atomic mass is 32.2. The number of nitrogens with one attached hydrogen (secondary N) is 1. The lowest BCUT2D eigenvalue weighted by molar-refractivity contribution is -0.668. The molecule has 0 amide bonds. The fourth-order valence-corrected chi connectivity index (χ4v) is 10.6. The van der Waals surface area contributed by atoms with Crippen molar-refractivity contribution in [3.8, 4) is 6.07 Å². The highest BCUT2D eigenvalue weighted by Gasteiger charge is 2.32. The van der Waals surface area contributed by atoms with Crippen LogP contribution in [0.4, 0.5) is 11.4 Å². The molecule has 64 heavy (non-hydrogen) atoms. The summed E-state index contributed by atoms with van der Waals surface area (Å²) in [4.78, 5) is 15.1. The van der Waals surface area contributed by atoms with Crippen molar-refractivity contribution in [1.82, 2.24) is 0 Å². The fourth-order valence-electron chi connectivity index (χ4n) is 6.80. The van der Waals surface area contributed by atoms with Crippen molar-refractivity contribution < 1.29 is 52.9 Å². The summed E-state index contributed by atoms with van der Waals surface area (Å²) < 4.78 is 104. The second-order valence-corrected chi connectivity index (χ2v) is 21.8. The molecule has 2 aromatic heterocycles. The number of rotatable bonds is 15. The Bertz CT molecular complexity index is 3090. The molecule has 0 unspecified atom stereocenters. The van der Waals surface area contributed by atoms with E-state index in [1.54, 1.807) is 47.4 Å². The van der Waals surface area contributed by atoms with Gasteiger partial charge in [-0.1, -0.05) is 54.3 Å². The van der Waals surface area contributed by atoms with Crippen LogP contribution in [-0.2, 0) is 46.3 Å². The van der Waals surface area contributed by atoms with Crippen LogP contribution in [0.3, 0.4) is 0 Å². The standard InChI is InChI=1S/C27H32N2O6S4.C17H12N2O5S/c1-4-21(17-26-28(11-5-13-38(30,31)32)22-15-19(2)7-9-24(22)36-26)18-27-29(12-6-14-39(33,34)35)23-16-20(3)8-10-25(23)37-27;1-25(21,22)19-12-6-4-11(5-7-12)16-14(10-18)17(20)24-15(16)9-13-3-2-8-23-13/h7-10,15-18H,4-6,11-14H2,1-3H3,(H-,30,31,32,33,34,35);2-9,19H,1H3. The molecule has 2 aliphatic rings. The summed E-state index contributed by atoms with van der Waals surface area (Å²) in [5.41, 5.74) is 6.38. The number of nitrogens with zero attached hydrogens (tertiary/aromatic N) is 3. The maximum atomic E-state index is 11.9. The summed E-state index contributed by atoms with van der Waals surface area (Å²) >= 11 is 3.24. The zero-order valence-corrected chi connectivity index (χ0v) is 39.2. The number of aromatic nitrogens is 1. The Morgan fingerprint density at radius 1 is 0.984 bits per heavy atom. The number of carbonyl (C=O) groups excluding carboxylic acids is 1. The van der Waals surface area contributed by atoms with Crippen molar-refractivity contribution in [2.24, 2.45) is 0 Å². The molecule has 0 saturated heterocycles. The number of hydrogen-bond donors (Lipinski definition) is 2. The maximum Gasteiger partial charge on any atom is 0.355 e. The van der Waals surface area contributed by atoms with Crippen LogP contribution in [0.15, 0.2) is 116 Å². The first-order valence-corrected chi connectivity index (χ1v) is 26.4. The van der Waals surface area contributed by atoms with E-state index >= 15 is 0 Å². The van der Waals surface area contributed by atoms with Gasteiger partial charge in [0, 0.05) is 53.1 Å². The van der Waals surface area contributed by atoms with Crippen LogP contribution in [0.25, 0.3) is 27.9 Å². The summed E-state index contributed by atoms with van der Waals surface area (Å²) in [7, 11) is -11.7. The first-order chi connectivity index (χ1) is 30.2. The van der Waals surface area contributed by atoms with E-state index in [2.05, 4.69) is 57.5 Å². The number of cyclic esters (lactones) is 1. The van der Waals surface area contributed by atoms with E-state index in [-0.39, 0.29) is 29.9 Å². The number of ether oxygens (including phenoxy) is 1. The third-order valence-corrected chi connectivity index (χ3v) is 14.1. The third kappa shape index (κ3) is 12.8. The predicted octanol–water partition coefficient (Wildman–Crippen LogP) is 7.79. The monoisotopic (exact) mass is 964 g/mol. The van der Waals surface area contributed by atoms with Crippen molar-refractivity contribution in [1.29, 1.82) is 5.26 Å². The van der Waals surface area contributed by atoms with Gasteiger partial charge in [0.05, 0.1) is 39.1 Å². The Kier molecular flexibility index (Phi) is 15.1. The molecule has 2 N–H and O–H groups in total. The van der Waals surface area contributed by atoms with Crippen LogP contribution in [0, 0.1) is 25.2 Å². The molecular formula is C44H44N4O11S5. The number of anilines is 2. The number of benzene rings is 3. The molecule has 5 aromatic rings. The van der Waals surface area contributed by atoms with E-state index in [0.29, 0.717) is 35.7 Å². The van der Waals surface area contributed by atoms with Crippen LogP contribution in [0.1, 0.15) is 53.6 Å². The van der Waals surface area contributed by atoms with Gasteiger partial charge in [-0.05, 0) is 97.5 Å². The molecule has 7 rings (SSSR count). The molecule has 0 fully saturated rings. The Labute approximate surface area is 380 Å². The van der Waals surface area contributed by atoms with Gasteiger partial charge in [-0.2, -0.15) is 18.2 Å². The molecule has 0 aliphatic carbocycles. The van der Waals surface area contributed by atoms with Gasteiger partial charge in [0.15, 0.2) is 6.54 Å². The molecule has 4 heterocycles. The SMILES string of the molecule is CCC(=Cc1sc2ccc(C)cc2[n+]1CCCS(=O)(=O)[O-])/C=C1\Sc2ccc(C)cc2N1CCCS(=O)(=O)O.CS(=O)(=O)Nc1ccc(C2=C(C#N)C(=O)OC2=Cc2ccco2)cc1. The largest absolute Gasteiger partial charge is 0.748 e. The predicted molar refractivity (Wildman–Crippen MR) is 248 cm³/mol. The zero-order chi connectivity index (χ0) is 46.4. The Morgan fingerprint density at radius 3 is 2.34 bits per heavy atom. The van der Waals surface area contributed by atoms with Gasteiger partial charge < -0.3 is 18.6 Å². The number of carbonyl (C=O) groups is 1. The van der Waals surface area contributed by atoms with Crippen LogP contribution in [0.5, 0.6) is 0 Å². The number of hydrogen-bond acceptors (Lipinski definition) is 14. The number of thiazole rings is 1. The Hall–Kier alpha value is -5.53. The minimum atomic E-state index is -4.29. The van der Waals surface area contributed by atoms with E-state index < -0.39 is 42.0 Å². The number of aryl methyl sites for hydroxylation is 3. The highest BCUT2D eigenvalue weighted by molar-refractivity contribution is 8.03. The highest BCUT2D eigenvalue weighted by Crippen LogP contribution is 2.47. The number of nitriles is 1. The van der Waals surface area contributed by atoms with Gasteiger partial charge in [0.25, 0.3) is 15.1 Å². The van der Waals surface area contributed by atoms with Crippen molar-refractivity contribution in [2.75, 3.05) is 33.9 Å². The minimum Gasteiger partial charge on any atom is -0.748 e. The molecule has 0 saturated carbocycles. The van der Waals surface area contributed by atoms with Gasteiger partial charge in [-0.15, -0.1) is 0 Å². The second-order valence-electron chi connectivity index (χ2n) is 14.8. The van der Waals surface area contributed by atoms with Crippen molar-refractivity contribution in [3.05, 3.63) is 135 Å². The van der Waals surface area contributed by atoms with Crippen molar-refractivity contribution in [3.63, 3.8) is 0 Å². The normalized spacial score (nSPS) is 15.7. The average molecular weight is 965 g/mol. The Balaban J connectivity index is 0.000000234. The average Bonchev–Trinajstić information content (AvgIpc) is 3.99. The first-order valence-electron chi connectivity index (χ1n) is 19.7. The van der Waals surface area contributed by atoms with E-state index in [1.165, 1.54) is 24.5 Å². The number of allylic oxidation sites excluding steroid dienone is 3. The summed E-state index contributed by atoms with van der Waals surface area (Å²) in [6, 6.07) is 23.8. The second kappa shape index (κ2) is 20.1. The van der Waals surface area contributed by atoms with E-state index in [1.807, 2.05) is 32.0 Å². The van der Waals surface area contributed by atoms with Gasteiger partial charge in [0.1, 0.15) is 27.9 Å². The van der Waals surface area contributed by atoms with Crippen molar-refractivity contribution in [2.45, 2.75) is 51.5 Å². The molecule has 0 atom stereocenters. The van der Waals surface area contributed by atoms with Gasteiger partial charge in [-0.25, -0.2) is 21.6 Å². The molecule has 20 heteroatoms. The molecule has 0 spiro atoms. The lowest BCUT2D eigenvalue weighted by atomic mass is 9.99. The van der Waals surface area contributed by atoms with Gasteiger partial charge in [0.2, 0.25) is 15.5 Å². The zero-order valence-electron chi connectivity index (χ0n) is 35.1. The summed E-state index contributed by atoms with van der Waals surface area (Å²) in [5.74, 6) is -0.799. The molecule has 2 aliphatic heterocycles. The number of sulfonamides is 1. The topological polar surface area (TPSA) is 228 Å². The smallest absolute Gasteiger partial charge is 0.355 e. The van der Waals surface area contributed by atoms with Crippen LogP contribution >= 0.6 is 23.1 Å². The van der Waals surface area contributed by atoms with Crippen LogP contribution in [0.2, 0.25) is 0 Å². The maximum absolute atomic E-state index is 11.9. The molecule has 336 valence electrons.